The van der Waals surface area contributed by atoms with Gasteiger partial charge in [-0.25, -0.2) is 8.42 Å². The molecule has 13 nitrogen and oxygen atoms in total. The van der Waals surface area contributed by atoms with Crippen LogP contribution in [0.15, 0.2) is 117 Å². The molecule has 53 heavy (non-hydrogen) atoms. The van der Waals surface area contributed by atoms with Gasteiger partial charge in [0, 0.05) is 43.7 Å². The maximum atomic E-state index is 13.3. The second-order valence-electron chi connectivity index (χ2n) is 12.1. The third-order valence-corrected chi connectivity index (χ3v) is 9.54. The lowest BCUT2D eigenvalue weighted by Crippen LogP contribution is -2.23. The van der Waals surface area contributed by atoms with Crippen LogP contribution in [0.25, 0.3) is 0 Å². The molecule has 0 radical (unpaired) electrons. The molecular weight excluding hydrogens is 695 g/mol. The van der Waals surface area contributed by atoms with Gasteiger partial charge in [0.05, 0.1) is 15.6 Å². The van der Waals surface area contributed by atoms with E-state index in [9.17, 15) is 18.0 Å². The van der Waals surface area contributed by atoms with E-state index in [-0.39, 0.29) is 27.6 Å². The maximum Gasteiger partial charge on any atom is 0.224 e. The summed E-state index contributed by atoms with van der Waals surface area (Å²) in [6.07, 6.45) is 5.35. The third kappa shape index (κ3) is 13.6. The fourth-order valence-corrected chi connectivity index (χ4v) is 6.26. The SMILES string of the molecule is CCCC(N)=NCCCCC(=O)Nc1ccc(Oc2ccc(S(=O)(=O)c3ccc(Oc4ccc(NC(=O)CCCCN=C(N)N)cc4)cc3)cc2)cc1. The molecule has 280 valence electrons. The monoisotopic (exact) mass is 741 g/mol. The average Bonchev–Trinajstić information content (AvgIpc) is 3.13. The molecule has 4 aromatic carbocycles. The van der Waals surface area contributed by atoms with Crippen molar-refractivity contribution in [3.05, 3.63) is 97.1 Å². The number of rotatable bonds is 20. The number of hydrogen-bond acceptors (Lipinski definition) is 8. The van der Waals surface area contributed by atoms with E-state index in [4.69, 9.17) is 26.7 Å². The van der Waals surface area contributed by atoms with Gasteiger partial charge < -0.3 is 37.3 Å². The maximum absolute atomic E-state index is 13.3. The molecule has 2 amide bonds. The highest BCUT2D eigenvalue weighted by atomic mass is 32.2. The molecule has 0 heterocycles. The van der Waals surface area contributed by atoms with Crippen LogP contribution in [0.2, 0.25) is 0 Å². The van der Waals surface area contributed by atoms with E-state index in [1.54, 1.807) is 72.8 Å². The van der Waals surface area contributed by atoms with Crippen LogP contribution < -0.4 is 37.3 Å². The fourth-order valence-electron chi connectivity index (χ4n) is 5.00. The van der Waals surface area contributed by atoms with Gasteiger partial charge in [0.2, 0.25) is 21.7 Å². The smallest absolute Gasteiger partial charge is 0.224 e. The molecule has 0 aliphatic rings. The number of guanidine groups is 1. The summed E-state index contributed by atoms with van der Waals surface area (Å²) in [4.78, 5) is 32.9. The van der Waals surface area contributed by atoms with Gasteiger partial charge >= 0.3 is 0 Å². The first-order valence-electron chi connectivity index (χ1n) is 17.5. The van der Waals surface area contributed by atoms with Crippen molar-refractivity contribution in [1.29, 1.82) is 0 Å². The van der Waals surface area contributed by atoms with Crippen molar-refractivity contribution in [3.8, 4) is 23.0 Å². The number of unbranched alkanes of at least 4 members (excludes halogenated alkanes) is 2. The van der Waals surface area contributed by atoms with Crippen LogP contribution >= 0.6 is 0 Å². The lowest BCUT2D eigenvalue weighted by molar-refractivity contribution is -0.117. The molecular formula is C39H47N7O6S. The van der Waals surface area contributed by atoms with Crippen LogP contribution in [0.1, 0.15) is 58.3 Å². The number of nitrogens with two attached hydrogens (primary N) is 3. The largest absolute Gasteiger partial charge is 0.457 e. The minimum atomic E-state index is -3.80. The second-order valence-corrected chi connectivity index (χ2v) is 14.1. The molecule has 0 bridgehead atoms. The van der Waals surface area contributed by atoms with Crippen LogP contribution in [0.5, 0.6) is 23.0 Å². The Bertz CT molecular complexity index is 1940. The van der Waals surface area contributed by atoms with Crippen LogP contribution in [-0.2, 0) is 19.4 Å². The summed E-state index contributed by atoms with van der Waals surface area (Å²) in [6, 6.07) is 26.1. The summed E-state index contributed by atoms with van der Waals surface area (Å²) in [7, 11) is -3.80. The molecule has 4 rings (SSSR count). The van der Waals surface area contributed by atoms with E-state index in [1.165, 1.54) is 24.3 Å². The van der Waals surface area contributed by atoms with Gasteiger partial charge in [-0.05, 0) is 129 Å². The molecule has 0 saturated heterocycles. The zero-order chi connectivity index (χ0) is 38.1. The fraction of sp³-hybridized carbons (Fsp3) is 0.282. The molecule has 0 spiro atoms. The Morgan fingerprint density at radius 3 is 1.32 bits per heavy atom. The number of anilines is 2. The molecule has 0 unspecified atom stereocenters. The van der Waals surface area contributed by atoms with Gasteiger partial charge in [-0.3, -0.25) is 19.6 Å². The predicted octanol–water partition coefficient (Wildman–Crippen LogP) is 6.75. The molecule has 0 aliphatic heterocycles. The van der Waals surface area contributed by atoms with Gasteiger partial charge in [-0.2, -0.15) is 0 Å². The predicted molar refractivity (Wildman–Crippen MR) is 208 cm³/mol. The number of nitrogens with one attached hydrogen (secondary N) is 2. The van der Waals surface area contributed by atoms with Gasteiger partial charge in [0.1, 0.15) is 23.0 Å². The topological polar surface area (TPSA) is 214 Å². The molecule has 4 aromatic rings. The molecule has 0 aromatic heterocycles. The lowest BCUT2D eigenvalue weighted by Gasteiger charge is -2.10. The molecule has 8 N–H and O–H groups in total. The summed E-state index contributed by atoms with van der Waals surface area (Å²) in [5.41, 5.74) is 17.7. The number of carbonyl (C=O) groups is 2. The van der Waals surface area contributed by atoms with Crippen molar-refractivity contribution >= 4 is 44.8 Å². The van der Waals surface area contributed by atoms with E-state index in [0.717, 1.165) is 19.3 Å². The lowest BCUT2D eigenvalue weighted by atomic mass is 10.2. The van der Waals surface area contributed by atoms with Crippen molar-refractivity contribution in [2.75, 3.05) is 23.7 Å². The Hall–Kier alpha value is -5.89. The minimum Gasteiger partial charge on any atom is -0.457 e. The zero-order valence-electron chi connectivity index (χ0n) is 29.8. The molecule has 14 heteroatoms. The van der Waals surface area contributed by atoms with Gasteiger partial charge in [0.15, 0.2) is 5.96 Å². The van der Waals surface area contributed by atoms with Crippen LogP contribution in [0.3, 0.4) is 0 Å². The Morgan fingerprint density at radius 2 is 0.943 bits per heavy atom. The number of carbonyl (C=O) groups excluding carboxylic acids is 2. The highest BCUT2D eigenvalue weighted by molar-refractivity contribution is 7.91. The van der Waals surface area contributed by atoms with Gasteiger partial charge in [-0.1, -0.05) is 6.92 Å². The first-order chi connectivity index (χ1) is 25.5. The van der Waals surface area contributed by atoms with E-state index < -0.39 is 9.84 Å². The number of sulfone groups is 1. The zero-order valence-corrected chi connectivity index (χ0v) is 30.6. The number of nitrogens with zero attached hydrogens (tertiary/aromatic N) is 2. The standard InChI is InChI=1S/C39H47N7O6S/c1-2-7-36(40)43-26-5-3-8-37(47)45-28-10-14-30(15-11-28)51-32-18-22-34(23-19-32)53(49,50)35-24-20-33(21-25-35)52-31-16-12-29(13-17-31)46-38(48)9-4-6-27-44-39(41)42/h10-25H,2-9,26-27H2,1H3,(H2,40,43)(H,45,47)(H,46,48)(H4,41,42,44). The van der Waals surface area contributed by atoms with Crippen molar-refractivity contribution in [2.45, 2.75) is 68.1 Å². The van der Waals surface area contributed by atoms with Gasteiger partial charge in [0.25, 0.3) is 0 Å². The van der Waals surface area contributed by atoms with Crippen molar-refractivity contribution in [3.63, 3.8) is 0 Å². The Labute approximate surface area is 310 Å². The quantitative estimate of drug-likeness (QED) is 0.0367. The van der Waals surface area contributed by atoms with E-state index in [0.29, 0.717) is 85.4 Å². The molecule has 0 aliphatic carbocycles. The first kappa shape index (κ1) is 39.9. The van der Waals surface area contributed by atoms with Crippen molar-refractivity contribution in [2.24, 2.45) is 27.2 Å². The Balaban J connectivity index is 1.22. The van der Waals surface area contributed by atoms with Crippen LogP contribution in [0, 0.1) is 0 Å². The molecule has 0 saturated carbocycles. The number of hydrogen-bond donors (Lipinski definition) is 5. The number of benzene rings is 4. The Morgan fingerprint density at radius 1 is 0.566 bits per heavy atom. The summed E-state index contributed by atoms with van der Waals surface area (Å²) in [5.74, 6) is 2.45. The summed E-state index contributed by atoms with van der Waals surface area (Å²) >= 11 is 0. The molecule has 0 atom stereocenters. The minimum absolute atomic E-state index is 0.0368. The number of aliphatic imine (C=N–C) groups is 2. The summed E-state index contributed by atoms with van der Waals surface area (Å²) in [6.45, 7) is 3.15. The number of amides is 2. The summed E-state index contributed by atoms with van der Waals surface area (Å²) < 4.78 is 38.4. The highest BCUT2D eigenvalue weighted by Crippen LogP contribution is 2.29. The van der Waals surface area contributed by atoms with Crippen LogP contribution in [-0.4, -0.2) is 45.1 Å². The van der Waals surface area contributed by atoms with E-state index in [2.05, 4.69) is 27.5 Å². The third-order valence-electron chi connectivity index (χ3n) is 7.75. The van der Waals surface area contributed by atoms with E-state index in [1.807, 2.05) is 0 Å². The summed E-state index contributed by atoms with van der Waals surface area (Å²) in [5, 5.41) is 5.71. The van der Waals surface area contributed by atoms with E-state index >= 15 is 0 Å². The molecule has 0 fully saturated rings. The van der Waals surface area contributed by atoms with Crippen LogP contribution in [0.4, 0.5) is 11.4 Å². The van der Waals surface area contributed by atoms with Crippen molar-refractivity contribution in [1.82, 2.24) is 0 Å². The highest BCUT2D eigenvalue weighted by Gasteiger charge is 2.18. The second kappa shape index (κ2) is 20.2. The number of ether oxygens (including phenoxy) is 2. The normalized spacial score (nSPS) is 11.4. The average molecular weight is 742 g/mol. The number of amidine groups is 1. The first-order valence-corrected chi connectivity index (χ1v) is 18.9. The Kier molecular flexibility index (Phi) is 15.2. The van der Waals surface area contributed by atoms with Gasteiger partial charge in [-0.15, -0.1) is 0 Å². The van der Waals surface area contributed by atoms with Crippen molar-refractivity contribution < 1.29 is 27.5 Å².